The second kappa shape index (κ2) is 3.55. The first-order valence-corrected chi connectivity index (χ1v) is 4.47. The van der Waals surface area contributed by atoms with Gasteiger partial charge in [0.05, 0.1) is 0 Å². The van der Waals surface area contributed by atoms with Crippen molar-refractivity contribution in [2.24, 2.45) is 0 Å². The Morgan fingerprint density at radius 2 is 1.90 bits per heavy atom. The lowest BCUT2D eigenvalue weighted by Crippen LogP contribution is -2.25. The summed E-state index contributed by atoms with van der Waals surface area (Å²) in [5, 5.41) is 1.28. The van der Waals surface area contributed by atoms with Gasteiger partial charge in [-0.1, -0.05) is 23.2 Å². The summed E-state index contributed by atoms with van der Waals surface area (Å²) >= 11 is 9.89. The lowest BCUT2D eigenvalue weighted by Gasteiger charge is -2.05. The molecular weight excluding hydrogens is 204 g/mol. The van der Waals surface area contributed by atoms with Crippen LogP contribution in [0.25, 0.3) is 0 Å². The van der Waals surface area contributed by atoms with Gasteiger partial charge in [0.15, 0.2) is 4.84 Å². The van der Waals surface area contributed by atoms with Crippen molar-refractivity contribution in [2.45, 2.75) is 4.84 Å². The largest absolute Gasteiger partial charge is 0.429 e. The number of carbonyl (C=O) groups excluding carboxylic acids is 1. The van der Waals surface area contributed by atoms with E-state index in [1.807, 2.05) is 0 Å². The Bertz CT molecular complexity index is 176. The van der Waals surface area contributed by atoms with Gasteiger partial charge in [0, 0.05) is 0 Å². The molecule has 0 fully saturated rings. The lowest BCUT2D eigenvalue weighted by molar-refractivity contribution is -0.118. The smallest absolute Gasteiger partial charge is 0.308 e. The van der Waals surface area contributed by atoms with Gasteiger partial charge >= 0.3 is 7.75 Å². The maximum absolute atomic E-state index is 10.3. The van der Waals surface area contributed by atoms with Crippen LogP contribution in [-0.4, -0.2) is 20.5 Å². The Balaban J connectivity index is 3.94. The minimum absolute atomic E-state index is 1.11. The highest BCUT2D eigenvalue weighted by Gasteiger charge is 2.21. The average molecular weight is 208 g/mol. The van der Waals surface area contributed by atoms with Crippen LogP contribution in [0.2, 0.25) is 0 Å². The van der Waals surface area contributed by atoms with Gasteiger partial charge < -0.3 is 9.79 Å². The first kappa shape index (κ1) is 10.2. The molecule has 0 aliphatic carbocycles. The summed E-state index contributed by atoms with van der Waals surface area (Å²) in [6.45, 7) is 0. The molecule has 0 saturated carbocycles. The van der Waals surface area contributed by atoms with E-state index in [-0.39, 0.29) is 0 Å². The van der Waals surface area contributed by atoms with Crippen molar-refractivity contribution in [3.63, 3.8) is 0 Å². The lowest BCUT2D eigenvalue weighted by atomic mass is 10.8. The van der Waals surface area contributed by atoms with Gasteiger partial charge in [-0.3, -0.25) is 9.88 Å². The van der Waals surface area contributed by atoms with Crippen LogP contribution in [0, 0.1) is 0 Å². The molecule has 0 spiro atoms. The first-order valence-electron chi connectivity index (χ1n) is 1.99. The van der Waals surface area contributed by atoms with E-state index in [4.69, 9.17) is 33.0 Å². The zero-order valence-electron chi connectivity index (χ0n) is 4.49. The van der Waals surface area contributed by atoms with E-state index in [2.05, 4.69) is 0 Å². The predicted octanol–water partition coefficient (Wildman–Crippen LogP) is -0.00100. The van der Waals surface area contributed by atoms with Gasteiger partial charge in [0.2, 0.25) is 0 Å². The van der Waals surface area contributed by atoms with Crippen LogP contribution in [0.15, 0.2) is 0 Å². The van der Waals surface area contributed by atoms with E-state index in [0.29, 0.717) is 0 Å². The van der Waals surface area contributed by atoms with E-state index >= 15 is 0 Å². The monoisotopic (exact) mass is 207 g/mol. The number of amides is 1. The van der Waals surface area contributed by atoms with Crippen LogP contribution >= 0.6 is 30.9 Å². The van der Waals surface area contributed by atoms with Crippen molar-refractivity contribution < 1.29 is 19.1 Å². The van der Waals surface area contributed by atoms with Gasteiger partial charge in [-0.15, -0.1) is 0 Å². The van der Waals surface area contributed by atoms with Crippen LogP contribution in [0.1, 0.15) is 0 Å². The molecule has 0 rings (SSSR count). The molecule has 0 heterocycles. The van der Waals surface area contributed by atoms with Gasteiger partial charge in [0.1, 0.15) is 0 Å². The molecule has 1 amide bonds. The SMILES string of the molecule is O=C(NP(=O)(O)O)C(Cl)Cl. The Kier molecular flexibility index (Phi) is 3.62. The van der Waals surface area contributed by atoms with Crippen molar-refractivity contribution in [1.29, 1.82) is 0 Å². The summed E-state index contributed by atoms with van der Waals surface area (Å²) in [5.74, 6) is -1.11. The fourth-order valence-corrected chi connectivity index (χ4v) is 0.870. The number of nitrogens with one attached hydrogen (secondary N) is 1. The Labute approximate surface area is 66.5 Å². The van der Waals surface area contributed by atoms with E-state index in [0.717, 1.165) is 0 Å². The summed E-state index contributed by atoms with van der Waals surface area (Å²) in [4.78, 5) is 25.0. The summed E-state index contributed by atoms with van der Waals surface area (Å²) in [6, 6.07) is 0. The highest BCUT2D eigenvalue weighted by atomic mass is 35.5. The molecule has 0 saturated heterocycles. The molecule has 8 heteroatoms. The molecule has 0 aromatic rings. The number of hydrogen-bond acceptors (Lipinski definition) is 2. The molecule has 60 valence electrons. The number of hydrogen-bond donors (Lipinski definition) is 3. The molecule has 3 N–H and O–H groups in total. The Morgan fingerprint density at radius 1 is 1.50 bits per heavy atom. The van der Waals surface area contributed by atoms with Gasteiger partial charge in [-0.05, 0) is 0 Å². The molecule has 0 unspecified atom stereocenters. The molecule has 0 aromatic carbocycles. The predicted molar refractivity (Wildman–Crippen MR) is 35.7 cm³/mol. The molecule has 0 aliphatic heterocycles. The van der Waals surface area contributed by atoms with Crippen LogP contribution in [0.5, 0.6) is 0 Å². The molecule has 0 bridgehead atoms. The standard InChI is InChI=1S/C2H4Cl2NO4P/c3-1(4)2(6)5-10(7,8)9/h1H,(H3,5,6,7,8,9). The van der Waals surface area contributed by atoms with E-state index in [1.165, 1.54) is 5.09 Å². The van der Waals surface area contributed by atoms with Crippen molar-refractivity contribution in [1.82, 2.24) is 5.09 Å². The zero-order chi connectivity index (χ0) is 8.36. The van der Waals surface area contributed by atoms with Crippen molar-refractivity contribution >= 4 is 36.9 Å². The van der Waals surface area contributed by atoms with Gasteiger partial charge in [0.25, 0.3) is 5.91 Å². The number of halogens is 2. The second-order valence-corrected chi connectivity index (χ2v) is 3.73. The van der Waals surface area contributed by atoms with Crippen molar-refractivity contribution in [3.8, 4) is 0 Å². The van der Waals surface area contributed by atoms with Crippen LogP contribution in [-0.2, 0) is 9.36 Å². The third-order valence-corrected chi connectivity index (χ3v) is 1.36. The van der Waals surface area contributed by atoms with Gasteiger partial charge in [-0.2, -0.15) is 0 Å². The quantitative estimate of drug-likeness (QED) is 0.440. The van der Waals surface area contributed by atoms with Gasteiger partial charge in [-0.25, -0.2) is 4.57 Å². The summed E-state index contributed by atoms with van der Waals surface area (Å²) in [7, 11) is -4.54. The van der Waals surface area contributed by atoms with Crippen molar-refractivity contribution in [2.75, 3.05) is 0 Å². The average Bonchev–Trinajstić information content (AvgIpc) is 1.60. The maximum atomic E-state index is 10.3. The highest BCUT2D eigenvalue weighted by Crippen LogP contribution is 2.28. The number of carbonyl (C=O) groups is 1. The van der Waals surface area contributed by atoms with Crippen LogP contribution < -0.4 is 5.09 Å². The normalized spacial score (nSPS) is 11.7. The molecule has 5 nitrogen and oxygen atoms in total. The van der Waals surface area contributed by atoms with Crippen LogP contribution in [0.3, 0.4) is 0 Å². The van der Waals surface area contributed by atoms with Crippen LogP contribution in [0.4, 0.5) is 0 Å². The molecule has 10 heavy (non-hydrogen) atoms. The molecule has 0 radical (unpaired) electrons. The Hall–Kier alpha value is 0.200. The zero-order valence-corrected chi connectivity index (χ0v) is 6.90. The van der Waals surface area contributed by atoms with E-state index in [9.17, 15) is 9.36 Å². The molecule has 0 atom stereocenters. The Morgan fingerprint density at radius 3 is 2.00 bits per heavy atom. The number of rotatable bonds is 2. The maximum Gasteiger partial charge on any atom is 0.429 e. The third kappa shape index (κ3) is 5.02. The summed E-state index contributed by atoms with van der Waals surface area (Å²) in [5.41, 5.74) is 0. The topological polar surface area (TPSA) is 86.6 Å². The van der Waals surface area contributed by atoms with Crippen molar-refractivity contribution in [3.05, 3.63) is 0 Å². The second-order valence-electron chi connectivity index (χ2n) is 1.32. The number of alkyl halides is 2. The summed E-state index contributed by atoms with van der Waals surface area (Å²) in [6.07, 6.45) is 0. The summed E-state index contributed by atoms with van der Waals surface area (Å²) < 4.78 is 9.99. The highest BCUT2D eigenvalue weighted by molar-refractivity contribution is 7.50. The fraction of sp³-hybridized carbons (Fsp3) is 0.500. The molecule has 0 aromatic heterocycles. The minimum Gasteiger partial charge on any atom is -0.308 e. The van der Waals surface area contributed by atoms with E-state index in [1.54, 1.807) is 0 Å². The minimum atomic E-state index is -4.54. The molecule has 0 aliphatic rings. The third-order valence-electron chi connectivity index (χ3n) is 0.454. The molecular formula is C2H4Cl2NO4P. The van der Waals surface area contributed by atoms with E-state index < -0.39 is 18.5 Å². The first-order chi connectivity index (χ1) is 4.33. The fourth-order valence-electron chi connectivity index (χ4n) is 0.192.